The smallest absolute Gasteiger partial charge is 0.193 e. The summed E-state index contributed by atoms with van der Waals surface area (Å²) in [5.41, 5.74) is 3.22. The highest BCUT2D eigenvalue weighted by molar-refractivity contribution is 7.99. The first-order chi connectivity index (χ1) is 14.9. The van der Waals surface area contributed by atoms with Crippen molar-refractivity contribution in [3.05, 3.63) is 74.9 Å². The Bertz CT molecular complexity index is 836. The number of likely N-dealkylation sites (N-methyl/N-ethyl adjacent to an activating group) is 1. The molecule has 31 heavy (non-hydrogen) atoms. The number of thioether (sulfide) groups is 1. The van der Waals surface area contributed by atoms with Gasteiger partial charge in [-0.2, -0.15) is 0 Å². The third-order valence-corrected chi connectivity index (χ3v) is 5.90. The van der Waals surface area contributed by atoms with Crippen molar-refractivity contribution in [1.82, 2.24) is 10.6 Å². The third kappa shape index (κ3) is 9.28. The van der Waals surface area contributed by atoms with Crippen molar-refractivity contribution in [2.75, 3.05) is 19.8 Å². The van der Waals surface area contributed by atoms with Gasteiger partial charge in [-0.05, 0) is 51.2 Å². The highest BCUT2D eigenvalue weighted by Gasteiger charge is 2.23. The summed E-state index contributed by atoms with van der Waals surface area (Å²) in [6.45, 7) is 12.0. The van der Waals surface area contributed by atoms with Crippen LogP contribution in [0.5, 0.6) is 0 Å². The lowest BCUT2D eigenvalue weighted by atomic mass is 9.96. The maximum Gasteiger partial charge on any atom is 0.193 e. The van der Waals surface area contributed by atoms with Crippen LogP contribution in [0.2, 0.25) is 10.0 Å². The normalized spacial score (nSPS) is 11.8. The van der Waals surface area contributed by atoms with Crippen molar-refractivity contribution in [1.29, 1.82) is 0 Å². The molecule has 0 radical (unpaired) electrons. The molecule has 2 rings (SSSR count). The van der Waals surface area contributed by atoms with Gasteiger partial charge in [0, 0.05) is 45.6 Å². The summed E-state index contributed by atoms with van der Waals surface area (Å²) >= 11 is 13.9. The van der Waals surface area contributed by atoms with Gasteiger partial charge >= 0.3 is 0 Å². The maximum absolute atomic E-state index is 13.3. The Balaban J connectivity index is 0.00000212. The summed E-state index contributed by atoms with van der Waals surface area (Å²) in [5, 5.41) is 7.24. The first kappa shape index (κ1) is 29.5. The van der Waals surface area contributed by atoms with Crippen LogP contribution < -0.4 is 10.6 Å². The van der Waals surface area contributed by atoms with Crippen molar-refractivity contribution in [3.8, 4) is 0 Å². The largest absolute Gasteiger partial charge is 0.390 e. The highest BCUT2D eigenvalue weighted by atomic mass is 35.5. The molecule has 0 heterocycles. The molecule has 2 aromatic rings. The Hall–Kier alpha value is -1.46. The van der Waals surface area contributed by atoms with Crippen molar-refractivity contribution in [2.45, 2.75) is 52.5 Å². The molecule has 0 aliphatic rings. The minimum absolute atomic E-state index is 0.104. The van der Waals surface area contributed by atoms with Gasteiger partial charge in [0.25, 0.3) is 0 Å². The Morgan fingerprint density at radius 1 is 1.00 bits per heavy atom. The molecule has 6 heteroatoms. The van der Waals surface area contributed by atoms with Crippen LogP contribution in [-0.2, 0) is 0 Å². The predicted molar refractivity (Wildman–Crippen MR) is 140 cm³/mol. The highest BCUT2D eigenvalue weighted by Crippen LogP contribution is 2.27. The molecule has 2 N–H and O–H groups in total. The summed E-state index contributed by atoms with van der Waals surface area (Å²) < 4.78 is 0. The van der Waals surface area contributed by atoms with Crippen LogP contribution in [0.25, 0.3) is 0 Å². The Morgan fingerprint density at radius 2 is 1.58 bits per heavy atom. The van der Waals surface area contributed by atoms with Gasteiger partial charge in [0.05, 0.1) is 5.02 Å². The van der Waals surface area contributed by atoms with E-state index in [-0.39, 0.29) is 11.8 Å². The van der Waals surface area contributed by atoms with Gasteiger partial charge in [0.15, 0.2) is 5.78 Å². The summed E-state index contributed by atoms with van der Waals surface area (Å²) in [4.78, 5) is 14.4. The van der Waals surface area contributed by atoms with Crippen LogP contribution in [0.1, 0.15) is 50.5 Å². The zero-order valence-corrected chi connectivity index (χ0v) is 22.2. The van der Waals surface area contributed by atoms with Gasteiger partial charge in [-0.25, -0.2) is 0 Å². The molecule has 0 bridgehead atoms. The van der Waals surface area contributed by atoms with Crippen LogP contribution in [0, 0.1) is 6.92 Å². The number of ketones is 1. The van der Waals surface area contributed by atoms with E-state index in [0.29, 0.717) is 26.9 Å². The van der Waals surface area contributed by atoms with Crippen LogP contribution in [-0.4, -0.2) is 31.7 Å². The molecule has 0 aliphatic heterocycles. The average Bonchev–Trinajstić information content (AvgIpc) is 2.79. The molecule has 0 saturated carbocycles. The van der Waals surface area contributed by atoms with Crippen molar-refractivity contribution < 1.29 is 4.79 Å². The van der Waals surface area contributed by atoms with E-state index in [2.05, 4.69) is 41.8 Å². The molecule has 0 aromatic heterocycles. The number of benzene rings is 2. The zero-order valence-electron chi connectivity index (χ0n) is 19.9. The van der Waals surface area contributed by atoms with Gasteiger partial charge in [-0.3, -0.25) is 4.79 Å². The Morgan fingerprint density at radius 3 is 2.06 bits per heavy atom. The second kappa shape index (κ2) is 16.2. The summed E-state index contributed by atoms with van der Waals surface area (Å²) in [7, 11) is 3.67. The Kier molecular flexibility index (Phi) is 15.4. The average molecular weight is 484 g/mol. The zero-order chi connectivity index (χ0) is 24.0. The third-order valence-electron chi connectivity index (χ3n) is 4.32. The minimum Gasteiger partial charge on any atom is -0.390 e. The number of rotatable bonds is 8. The number of hydrogen-bond acceptors (Lipinski definition) is 4. The quantitative estimate of drug-likeness (QED) is 0.233. The molecule has 1 unspecified atom stereocenters. The van der Waals surface area contributed by atoms with Gasteiger partial charge < -0.3 is 10.6 Å². The van der Waals surface area contributed by atoms with E-state index in [1.807, 2.05) is 48.7 Å². The first-order valence-electron chi connectivity index (χ1n) is 10.6. The second-order valence-corrected chi connectivity index (χ2v) is 8.10. The molecule has 0 spiro atoms. The van der Waals surface area contributed by atoms with Crippen LogP contribution in [0.3, 0.4) is 0 Å². The van der Waals surface area contributed by atoms with Gasteiger partial charge in [-0.15, -0.1) is 11.8 Å². The van der Waals surface area contributed by atoms with Crippen LogP contribution in [0.15, 0.2) is 58.6 Å². The number of carbonyl (C=O) groups excluding carboxylic acids is 1. The fourth-order valence-electron chi connectivity index (χ4n) is 2.63. The van der Waals surface area contributed by atoms with Crippen LogP contribution >= 0.6 is 35.0 Å². The molecule has 0 amide bonds. The number of carbonyl (C=O) groups is 1. The lowest BCUT2D eigenvalue weighted by Gasteiger charge is -2.20. The van der Waals surface area contributed by atoms with Crippen molar-refractivity contribution in [3.63, 3.8) is 0 Å². The SMILES string of the molecule is CC.CC.CN/C(CSc1ccc(C)cc1)=C(/C(=O)c1ccc(Cl)cc1Cl)C(C)NC. The van der Waals surface area contributed by atoms with E-state index >= 15 is 0 Å². The number of aryl methyl sites for hydroxylation is 1. The molecule has 2 aromatic carbocycles. The van der Waals surface area contributed by atoms with E-state index in [1.54, 1.807) is 30.0 Å². The number of nitrogens with one attached hydrogen (secondary N) is 2. The monoisotopic (exact) mass is 482 g/mol. The van der Waals surface area contributed by atoms with Crippen molar-refractivity contribution in [2.24, 2.45) is 0 Å². The lowest BCUT2D eigenvalue weighted by Crippen LogP contribution is -2.32. The van der Waals surface area contributed by atoms with Gasteiger partial charge in [0.2, 0.25) is 0 Å². The molecule has 0 fully saturated rings. The van der Waals surface area contributed by atoms with E-state index < -0.39 is 0 Å². The standard InChI is InChI=1S/C21H24Cl2N2OS.2C2H6/c1-13-5-8-16(9-6-13)27-12-19(25-4)20(14(2)24-3)21(26)17-10-7-15(22)11-18(17)23;2*1-2/h5-11,14,24-25H,12H2,1-4H3;2*1-2H3/b20-19+;;. The molecule has 0 saturated heterocycles. The van der Waals surface area contributed by atoms with E-state index in [0.717, 1.165) is 10.6 Å². The fraction of sp³-hybridized carbons (Fsp3) is 0.400. The number of hydrogen-bond donors (Lipinski definition) is 2. The molecule has 172 valence electrons. The lowest BCUT2D eigenvalue weighted by molar-refractivity contribution is 0.102. The van der Waals surface area contributed by atoms with E-state index in [4.69, 9.17) is 23.2 Å². The minimum atomic E-state index is -0.134. The number of halogens is 2. The van der Waals surface area contributed by atoms with Crippen LogP contribution in [0.4, 0.5) is 0 Å². The van der Waals surface area contributed by atoms with Gasteiger partial charge in [-0.1, -0.05) is 68.6 Å². The maximum atomic E-state index is 13.3. The number of Topliss-reactive ketones (excluding diaryl/α,β-unsaturated/α-hetero) is 1. The van der Waals surface area contributed by atoms with Crippen molar-refractivity contribution >= 4 is 40.7 Å². The fourth-order valence-corrected chi connectivity index (χ4v) is 4.07. The van der Waals surface area contributed by atoms with E-state index in [1.165, 1.54) is 5.56 Å². The first-order valence-corrected chi connectivity index (χ1v) is 12.4. The molecular formula is C25H36Cl2N2OS. The Labute approximate surface area is 203 Å². The second-order valence-electron chi connectivity index (χ2n) is 6.21. The van der Waals surface area contributed by atoms with E-state index in [9.17, 15) is 4.79 Å². The predicted octanol–water partition coefficient (Wildman–Crippen LogP) is 7.41. The molecular weight excluding hydrogens is 447 g/mol. The van der Waals surface area contributed by atoms with Gasteiger partial charge in [0.1, 0.15) is 0 Å². The molecule has 1 atom stereocenters. The molecule has 3 nitrogen and oxygen atoms in total. The molecule has 0 aliphatic carbocycles. The summed E-state index contributed by atoms with van der Waals surface area (Å²) in [6.07, 6.45) is 0. The summed E-state index contributed by atoms with van der Waals surface area (Å²) in [5.74, 6) is 0.546. The topological polar surface area (TPSA) is 41.1 Å². The summed E-state index contributed by atoms with van der Waals surface area (Å²) in [6, 6.07) is 13.2.